The van der Waals surface area contributed by atoms with Gasteiger partial charge in [-0.05, 0) is 38.1 Å². The van der Waals surface area contributed by atoms with Gasteiger partial charge in [0, 0.05) is 18.3 Å². The molecule has 0 amide bonds. The van der Waals surface area contributed by atoms with Crippen LogP contribution >= 0.6 is 0 Å². The minimum atomic E-state index is -0.559. The number of halogens is 2. The third-order valence-corrected chi connectivity index (χ3v) is 2.86. The Bertz CT molecular complexity index is 535. The first kappa shape index (κ1) is 12.6. The first-order valence-corrected chi connectivity index (χ1v) is 5.91. The Morgan fingerprint density at radius 1 is 1.00 bits per heavy atom. The standard InChI is InChI=1S/C15H15F2N/c1-3-18(13-7-4-11(2)5-8-13)15-9-6-12(16)10-14(15)17/h4-10H,3H2,1-2H3. The summed E-state index contributed by atoms with van der Waals surface area (Å²) in [5.41, 5.74) is 2.44. The van der Waals surface area contributed by atoms with Crippen LogP contribution in [0, 0.1) is 18.6 Å². The maximum Gasteiger partial charge on any atom is 0.149 e. The van der Waals surface area contributed by atoms with Crippen LogP contribution in [0.4, 0.5) is 20.2 Å². The smallest absolute Gasteiger partial charge is 0.149 e. The number of aryl methyl sites for hydroxylation is 1. The molecule has 18 heavy (non-hydrogen) atoms. The second-order valence-electron chi connectivity index (χ2n) is 4.18. The van der Waals surface area contributed by atoms with E-state index in [1.807, 2.05) is 43.0 Å². The second kappa shape index (κ2) is 5.17. The predicted molar refractivity (Wildman–Crippen MR) is 70.2 cm³/mol. The van der Waals surface area contributed by atoms with Crippen molar-refractivity contribution < 1.29 is 8.78 Å². The lowest BCUT2D eigenvalue weighted by molar-refractivity contribution is 0.582. The van der Waals surface area contributed by atoms with Crippen LogP contribution in [0.1, 0.15) is 12.5 Å². The Balaban J connectivity index is 2.41. The average Bonchev–Trinajstić information content (AvgIpc) is 2.35. The van der Waals surface area contributed by atoms with Crippen molar-refractivity contribution in [3.63, 3.8) is 0 Å². The van der Waals surface area contributed by atoms with Gasteiger partial charge in [0.15, 0.2) is 0 Å². The van der Waals surface area contributed by atoms with Crippen molar-refractivity contribution in [2.45, 2.75) is 13.8 Å². The molecule has 0 bridgehead atoms. The third-order valence-electron chi connectivity index (χ3n) is 2.86. The summed E-state index contributed by atoms with van der Waals surface area (Å²) in [6, 6.07) is 11.5. The van der Waals surface area contributed by atoms with Crippen LogP contribution in [-0.4, -0.2) is 6.54 Å². The molecule has 0 N–H and O–H groups in total. The molecule has 0 saturated carbocycles. The van der Waals surface area contributed by atoms with Crippen molar-refractivity contribution in [1.29, 1.82) is 0 Å². The molecule has 0 radical (unpaired) electrons. The van der Waals surface area contributed by atoms with E-state index in [1.54, 1.807) is 0 Å². The van der Waals surface area contributed by atoms with Gasteiger partial charge >= 0.3 is 0 Å². The molecule has 0 atom stereocenters. The molecule has 0 aromatic heterocycles. The Morgan fingerprint density at radius 2 is 1.67 bits per heavy atom. The highest BCUT2D eigenvalue weighted by Crippen LogP contribution is 2.28. The molecule has 0 aliphatic rings. The number of rotatable bonds is 3. The zero-order chi connectivity index (χ0) is 13.1. The molecule has 0 unspecified atom stereocenters. The van der Waals surface area contributed by atoms with Crippen molar-refractivity contribution in [3.05, 3.63) is 59.7 Å². The van der Waals surface area contributed by atoms with Gasteiger partial charge in [-0.1, -0.05) is 17.7 Å². The molecular weight excluding hydrogens is 232 g/mol. The molecule has 0 aliphatic heterocycles. The van der Waals surface area contributed by atoms with E-state index in [0.29, 0.717) is 12.2 Å². The molecule has 1 nitrogen and oxygen atoms in total. The highest BCUT2D eigenvalue weighted by Gasteiger charge is 2.12. The van der Waals surface area contributed by atoms with Gasteiger partial charge in [0.2, 0.25) is 0 Å². The maximum absolute atomic E-state index is 13.8. The van der Waals surface area contributed by atoms with Gasteiger partial charge in [-0.15, -0.1) is 0 Å². The van der Waals surface area contributed by atoms with E-state index < -0.39 is 11.6 Å². The van der Waals surface area contributed by atoms with Crippen molar-refractivity contribution in [2.75, 3.05) is 11.4 Å². The Labute approximate surface area is 106 Å². The predicted octanol–water partition coefficient (Wildman–Crippen LogP) is 4.43. The number of anilines is 2. The topological polar surface area (TPSA) is 3.24 Å². The van der Waals surface area contributed by atoms with Crippen LogP contribution in [-0.2, 0) is 0 Å². The largest absolute Gasteiger partial charge is 0.339 e. The molecule has 0 saturated heterocycles. The zero-order valence-corrected chi connectivity index (χ0v) is 10.5. The van der Waals surface area contributed by atoms with Crippen LogP contribution in [0.3, 0.4) is 0 Å². The van der Waals surface area contributed by atoms with Gasteiger partial charge in [-0.3, -0.25) is 0 Å². The fraction of sp³-hybridized carbons (Fsp3) is 0.200. The Hall–Kier alpha value is -1.90. The fourth-order valence-electron chi connectivity index (χ4n) is 1.92. The second-order valence-corrected chi connectivity index (χ2v) is 4.18. The molecule has 3 heteroatoms. The highest BCUT2D eigenvalue weighted by molar-refractivity contribution is 5.63. The minimum Gasteiger partial charge on any atom is -0.339 e. The van der Waals surface area contributed by atoms with Gasteiger partial charge in [0.1, 0.15) is 11.6 Å². The molecule has 0 aliphatic carbocycles. The molecule has 2 rings (SSSR count). The maximum atomic E-state index is 13.8. The van der Waals surface area contributed by atoms with Crippen LogP contribution in [0.2, 0.25) is 0 Å². The number of hydrogen-bond donors (Lipinski definition) is 0. The highest BCUT2D eigenvalue weighted by atomic mass is 19.1. The van der Waals surface area contributed by atoms with Gasteiger partial charge in [0.25, 0.3) is 0 Å². The summed E-state index contributed by atoms with van der Waals surface area (Å²) in [4.78, 5) is 1.81. The average molecular weight is 247 g/mol. The van der Waals surface area contributed by atoms with Crippen LogP contribution in [0.15, 0.2) is 42.5 Å². The number of hydrogen-bond acceptors (Lipinski definition) is 1. The summed E-state index contributed by atoms with van der Waals surface area (Å²) < 4.78 is 26.7. The lowest BCUT2D eigenvalue weighted by Gasteiger charge is -2.23. The summed E-state index contributed by atoms with van der Waals surface area (Å²) in [6.45, 7) is 4.55. The summed E-state index contributed by atoms with van der Waals surface area (Å²) >= 11 is 0. The molecular formula is C15H15F2N. The zero-order valence-electron chi connectivity index (χ0n) is 10.5. The summed E-state index contributed by atoms with van der Waals surface area (Å²) in [5.74, 6) is -1.10. The quantitative estimate of drug-likeness (QED) is 0.775. The van der Waals surface area contributed by atoms with Gasteiger partial charge in [-0.25, -0.2) is 8.78 Å². The van der Waals surface area contributed by atoms with Gasteiger partial charge < -0.3 is 4.90 Å². The van der Waals surface area contributed by atoms with Crippen molar-refractivity contribution in [2.24, 2.45) is 0 Å². The minimum absolute atomic E-state index is 0.391. The SMILES string of the molecule is CCN(c1ccc(C)cc1)c1ccc(F)cc1F. The molecule has 2 aromatic rings. The first-order chi connectivity index (χ1) is 8.61. The van der Waals surface area contributed by atoms with Gasteiger partial charge in [-0.2, -0.15) is 0 Å². The van der Waals surface area contributed by atoms with Crippen molar-refractivity contribution >= 4 is 11.4 Å². The van der Waals surface area contributed by atoms with E-state index in [4.69, 9.17) is 0 Å². The number of benzene rings is 2. The lowest BCUT2D eigenvalue weighted by Crippen LogP contribution is -2.17. The van der Waals surface area contributed by atoms with E-state index in [-0.39, 0.29) is 0 Å². The molecule has 0 spiro atoms. The third kappa shape index (κ3) is 2.50. The van der Waals surface area contributed by atoms with Crippen LogP contribution < -0.4 is 4.90 Å². The van der Waals surface area contributed by atoms with Crippen molar-refractivity contribution in [1.82, 2.24) is 0 Å². The summed E-state index contributed by atoms with van der Waals surface area (Å²) in [7, 11) is 0. The van der Waals surface area contributed by atoms with E-state index in [9.17, 15) is 8.78 Å². The fourth-order valence-corrected chi connectivity index (χ4v) is 1.92. The molecule has 2 aromatic carbocycles. The molecule has 0 heterocycles. The first-order valence-electron chi connectivity index (χ1n) is 5.91. The normalized spacial score (nSPS) is 10.4. The van der Waals surface area contributed by atoms with E-state index >= 15 is 0 Å². The Kier molecular flexibility index (Phi) is 3.60. The van der Waals surface area contributed by atoms with Crippen molar-refractivity contribution in [3.8, 4) is 0 Å². The molecule has 94 valence electrons. The van der Waals surface area contributed by atoms with Crippen LogP contribution in [0.5, 0.6) is 0 Å². The van der Waals surface area contributed by atoms with E-state index in [2.05, 4.69) is 0 Å². The summed E-state index contributed by atoms with van der Waals surface area (Å²) in [5, 5.41) is 0. The Morgan fingerprint density at radius 3 is 2.22 bits per heavy atom. The lowest BCUT2D eigenvalue weighted by atomic mass is 10.2. The number of nitrogens with zero attached hydrogens (tertiary/aromatic N) is 1. The van der Waals surface area contributed by atoms with Crippen LogP contribution in [0.25, 0.3) is 0 Å². The van der Waals surface area contributed by atoms with E-state index in [1.165, 1.54) is 12.1 Å². The summed E-state index contributed by atoms with van der Waals surface area (Å²) in [6.07, 6.45) is 0. The molecule has 0 fully saturated rings. The van der Waals surface area contributed by atoms with Gasteiger partial charge in [0.05, 0.1) is 5.69 Å². The monoisotopic (exact) mass is 247 g/mol. The van der Waals surface area contributed by atoms with E-state index in [0.717, 1.165) is 17.3 Å².